The third-order valence-corrected chi connectivity index (χ3v) is 4.01. The molecule has 132 valence electrons. The molecule has 4 rings (SSSR count). The summed E-state index contributed by atoms with van der Waals surface area (Å²) in [7, 11) is 0. The number of hydrogen-bond acceptors (Lipinski definition) is 7. The molecule has 3 heterocycles. The van der Waals surface area contributed by atoms with Crippen LogP contribution in [-0.2, 0) is 0 Å². The van der Waals surface area contributed by atoms with Crippen LogP contribution in [0.1, 0.15) is 30.8 Å². The van der Waals surface area contributed by atoms with Crippen molar-refractivity contribution in [2.45, 2.75) is 25.1 Å². The summed E-state index contributed by atoms with van der Waals surface area (Å²) in [5, 5.41) is 23.7. The van der Waals surface area contributed by atoms with E-state index in [2.05, 4.69) is 31.0 Å². The van der Waals surface area contributed by atoms with Gasteiger partial charge in [-0.15, -0.1) is 17.5 Å². The van der Waals surface area contributed by atoms with Crippen LogP contribution >= 0.6 is 12.4 Å². The van der Waals surface area contributed by atoms with Crippen molar-refractivity contribution >= 4 is 12.4 Å². The first-order valence-electron chi connectivity index (χ1n) is 7.97. The van der Waals surface area contributed by atoms with Gasteiger partial charge in [0, 0.05) is 0 Å². The summed E-state index contributed by atoms with van der Waals surface area (Å²) >= 11 is 0. The van der Waals surface area contributed by atoms with Gasteiger partial charge in [0.25, 0.3) is 0 Å². The Labute approximate surface area is 150 Å². The van der Waals surface area contributed by atoms with E-state index in [9.17, 15) is 0 Å². The lowest BCUT2D eigenvalue weighted by Crippen LogP contribution is -2.30. The zero-order valence-electron chi connectivity index (χ0n) is 13.5. The highest BCUT2D eigenvalue weighted by molar-refractivity contribution is 5.85. The van der Waals surface area contributed by atoms with Crippen LogP contribution in [0.5, 0.6) is 5.75 Å². The van der Waals surface area contributed by atoms with E-state index in [1.54, 1.807) is 11.0 Å². The average Bonchev–Trinajstić information content (AvgIpc) is 3.34. The molecule has 0 radical (unpaired) electrons. The van der Waals surface area contributed by atoms with E-state index in [4.69, 9.17) is 4.74 Å². The molecule has 0 spiro atoms. The molecule has 0 saturated carbocycles. The van der Waals surface area contributed by atoms with Crippen molar-refractivity contribution in [1.29, 1.82) is 0 Å². The first kappa shape index (κ1) is 17.3. The number of benzene rings is 1. The molecular formula is C15H19ClN8O. The van der Waals surface area contributed by atoms with E-state index in [1.165, 1.54) is 11.0 Å². The molecule has 1 saturated heterocycles. The fourth-order valence-corrected chi connectivity index (χ4v) is 2.77. The van der Waals surface area contributed by atoms with Gasteiger partial charge in [0.1, 0.15) is 17.8 Å². The van der Waals surface area contributed by atoms with Crippen LogP contribution in [0.4, 0.5) is 0 Å². The summed E-state index contributed by atoms with van der Waals surface area (Å²) in [5.74, 6) is 0.717. The number of piperidine rings is 1. The highest BCUT2D eigenvalue weighted by Crippen LogP contribution is 2.22. The fourth-order valence-electron chi connectivity index (χ4n) is 2.77. The van der Waals surface area contributed by atoms with Crippen molar-refractivity contribution in [3.63, 3.8) is 0 Å². The lowest BCUT2D eigenvalue weighted by Gasteiger charge is -2.21. The van der Waals surface area contributed by atoms with Gasteiger partial charge in [-0.2, -0.15) is 19.7 Å². The van der Waals surface area contributed by atoms with Gasteiger partial charge >= 0.3 is 0 Å². The van der Waals surface area contributed by atoms with Gasteiger partial charge in [0.05, 0.1) is 12.2 Å². The van der Waals surface area contributed by atoms with Gasteiger partial charge in [-0.05, 0) is 48.5 Å². The number of tetrazole rings is 1. The van der Waals surface area contributed by atoms with Crippen LogP contribution in [0, 0.1) is 0 Å². The van der Waals surface area contributed by atoms with Gasteiger partial charge in [0.15, 0.2) is 0 Å². The third kappa shape index (κ3) is 3.94. The number of halogens is 1. The summed E-state index contributed by atoms with van der Waals surface area (Å²) in [5.41, 5.74) is 0.671. The van der Waals surface area contributed by atoms with Crippen molar-refractivity contribution < 1.29 is 4.74 Å². The van der Waals surface area contributed by atoms with Crippen molar-refractivity contribution in [1.82, 2.24) is 40.5 Å². The lowest BCUT2D eigenvalue weighted by atomic mass is 10.1. The SMILES string of the molecule is Cl.c1ccc(OC(c2cnn(C3CCNCC3)n2)n2cnnn2)cc1. The van der Waals surface area contributed by atoms with Crippen LogP contribution in [0.25, 0.3) is 0 Å². The minimum Gasteiger partial charge on any atom is -0.463 e. The Morgan fingerprint density at radius 1 is 1.16 bits per heavy atom. The summed E-state index contributed by atoms with van der Waals surface area (Å²) in [6.45, 7) is 1.97. The molecule has 0 amide bonds. The number of aromatic nitrogens is 7. The first-order chi connectivity index (χ1) is 11.9. The second-order valence-corrected chi connectivity index (χ2v) is 5.64. The Balaban J connectivity index is 0.00000182. The lowest BCUT2D eigenvalue weighted by molar-refractivity contribution is 0.150. The number of ether oxygens (including phenoxy) is 1. The van der Waals surface area contributed by atoms with Crippen molar-refractivity contribution in [2.24, 2.45) is 0 Å². The Hall–Kier alpha value is -2.52. The van der Waals surface area contributed by atoms with E-state index >= 15 is 0 Å². The normalized spacial score (nSPS) is 16.2. The molecule has 25 heavy (non-hydrogen) atoms. The monoisotopic (exact) mass is 362 g/mol. The number of hydrogen-bond donors (Lipinski definition) is 1. The number of rotatable bonds is 5. The molecular weight excluding hydrogens is 344 g/mol. The molecule has 0 aliphatic carbocycles. The van der Waals surface area contributed by atoms with Crippen LogP contribution in [-0.4, -0.2) is 48.3 Å². The minimum atomic E-state index is -0.558. The molecule has 1 aliphatic rings. The van der Waals surface area contributed by atoms with Crippen LogP contribution in [0.3, 0.4) is 0 Å². The van der Waals surface area contributed by atoms with E-state index in [1.807, 2.05) is 30.3 Å². The Morgan fingerprint density at radius 3 is 2.68 bits per heavy atom. The molecule has 9 nitrogen and oxygen atoms in total. The molecule has 0 bridgehead atoms. The average molecular weight is 363 g/mol. The maximum atomic E-state index is 6.04. The van der Waals surface area contributed by atoms with E-state index in [0.717, 1.165) is 31.7 Å². The van der Waals surface area contributed by atoms with Crippen LogP contribution in [0.2, 0.25) is 0 Å². The number of para-hydroxylation sites is 1. The standard InChI is InChI=1S/C15H18N8O.ClH/c1-2-4-13(5-3-1)24-15(22-11-17-20-21-22)14-10-18-23(19-14)12-6-8-16-9-7-12;/h1-5,10-12,15-16H,6-9H2;1H. The number of nitrogens with one attached hydrogen (secondary N) is 1. The highest BCUT2D eigenvalue weighted by Gasteiger charge is 2.23. The quantitative estimate of drug-likeness (QED) is 0.729. The maximum Gasteiger partial charge on any atom is 0.240 e. The van der Waals surface area contributed by atoms with Gasteiger partial charge < -0.3 is 10.1 Å². The third-order valence-electron chi connectivity index (χ3n) is 4.01. The molecule has 2 aromatic heterocycles. The van der Waals surface area contributed by atoms with Crippen LogP contribution in [0.15, 0.2) is 42.9 Å². The van der Waals surface area contributed by atoms with Gasteiger partial charge in [-0.1, -0.05) is 18.2 Å². The first-order valence-corrected chi connectivity index (χ1v) is 7.97. The molecule has 1 N–H and O–H groups in total. The molecule has 1 fully saturated rings. The Morgan fingerprint density at radius 2 is 1.96 bits per heavy atom. The zero-order chi connectivity index (χ0) is 16.2. The highest BCUT2D eigenvalue weighted by atomic mass is 35.5. The smallest absolute Gasteiger partial charge is 0.240 e. The van der Waals surface area contributed by atoms with E-state index in [-0.39, 0.29) is 12.4 Å². The minimum absolute atomic E-state index is 0. The predicted molar refractivity (Wildman–Crippen MR) is 91.4 cm³/mol. The second kappa shape index (κ2) is 8.04. The second-order valence-electron chi connectivity index (χ2n) is 5.64. The van der Waals surface area contributed by atoms with Gasteiger partial charge in [-0.3, -0.25) is 0 Å². The molecule has 3 aromatic rings. The van der Waals surface area contributed by atoms with Crippen LogP contribution < -0.4 is 10.1 Å². The molecule has 1 aromatic carbocycles. The largest absolute Gasteiger partial charge is 0.463 e. The summed E-state index contributed by atoms with van der Waals surface area (Å²) < 4.78 is 7.57. The van der Waals surface area contributed by atoms with Crippen molar-refractivity contribution in [3.05, 3.63) is 48.5 Å². The Kier molecular flexibility index (Phi) is 5.56. The molecule has 10 heteroatoms. The molecule has 1 atom stereocenters. The van der Waals surface area contributed by atoms with Gasteiger partial charge in [0.2, 0.25) is 6.23 Å². The van der Waals surface area contributed by atoms with E-state index < -0.39 is 6.23 Å². The number of nitrogens with zero attached hydrogens (tertiary/aromatic N) is 7. The molecule has 1 aliphatic heterocycles. The van der Waals surface area contributed by atoms with Gasteiger partial charge in [-0.25, -0.2) is 0 Å². The summed E-state index contributed by atoms with van der Waals surface area (Å²) in [4.78, 5) is 1.78. The predicted octanol–water partition coefficient (Wildman–Crippen LogP) is 1.24. The van der Waals surface area contributed by atoms with Crippen molar-refractivity contribution in [3.8, 4) is 5.75 Å². The summed E-state index contributed by atoms with van der Waals surface area (Å²) in [6.07, 6.45) is 4.71. The fraction of sp³-hybridized carbons (Fsp3) is 0.400. The Bertz CT molecular complexity index is 757. The van der Waals surface area contributed by atoms with E-state index in [0.29, 0.717) is 11.7 Å². The zero-order valence-corrected chi connectivity index (χ0v) is 14.3. The maximum absolute atomic E-state index is 6.04. The summed E-state index contributed by atoms with van der Waals surface area (Å²) in [6, 6.07) is 9.84. The topological polar surface area (TPSA) is 95.6 Å². The molecule has 1 unspecified atom stereocenters. The van der Waals surface area contributed by atoms with Crippen molar-refractivity contribution in [2.75, 3.05) is 13.1 Å².